The van der Waals surface area contributed by atoms with E-state index in [1.807, 2.05) is 36.5 Å². The van der Waals surface area contributed by atoms with Gasteiger partial charge < -0.3 is 0 Å². The Bertz CT molecular complexity index is 508. The van der Waals surface area contributed by atoms with Crippen LogP contribution in [0.15, 0.2) is 48.6 Å². The average Bonchev–Trinajstić information content (AvgIpc) is 2.46. The molecule has 0 fully saturated rings. The summed E-state index contributed by atoms with van der Waals surface area (Å²) in [6.07, 6.45) is 15.2. The Morgan fingerprint density at radius 1 is 0.818 bits per heavy atom. The molecule has 0 spiro atoms. The van der Waals surface area contributed by atoms with E-state index >= 15 is 0 Å². The minimum Gasteiger partial charge on any atom is -0.295 e. The smallest absolute Gasteiger partial charge is 0.183 e. The molecule has 0 amide bonds. The maximum Gasteiger partial charge on any atom is 0.183 e. The zero-order chi connectivity index (χ0) is 16.5. The molecule has 120 valence electrons. The molecule has 0 saturated heterocycles. The molecule has 2 rings (SSSR count). The van der Waals surface area contributed by atoms with Crippen molar-refractivity contribution < 1.29 is 4.79 Å². The molecule has 0 N–H and O–H groups in total. The van der Waals surface area contributed by atoms with Gasteiger partial charge in [0.1, 0.15) is 9.75 Å². The molecule has 4 atom stereocenters. The third-order valence-corrected chi connectivity index (χ3v) is 5.74. The lowest BCUT2D eigenvalue weighted by atomic mass is 9.69. The second-order valence-corrected chi connectivity index (χ2v) is 8.14. The average molecular weight is 339 g/mol. The summed E-state index contributed by atoms with van der Waals surface area (Å²) in [7, 11) is 0. The van der Waals surface area contributed by atoms with E-state index in [4.69, 9.17) is 23.2 Å². The maximum absolute atomic E-state index is 13.4. The van der Waals surface area contributed by atoms with E-state index in [1.54, 1.807) is 12.2 Å². The number of alkyl halides is 2. The van der Waals surface area contributed by atoms with Gasteiger partial charge in [0.25, 0.3) is 0 Å². The molecule has 0 bridgehead atoms. The fourth-order valence-electron chi connectivity index (χ4n) is 3.42. The molecule has 0 aliphatic heterocycles. The summed E-state index contributed by atoms with van der Waals surface area (Å²) < 4.78 is 0. The molecule has 1 nitrogen and oxygen atoms in total. The van der Waals surface area contributed by atoms with E-state index in [9.17, 15) is 4.79 Å². The third-order valence-electron chi connectivity index (χ3n) is 4.64. The lowest BCUT2D eigenvalue weighted by Gasteiger charge is -2.42. The highest BCUT2D eigenvalue weighted by Crippen LogP contribution is 2.46. The van der Waals surface area contributed by atoms with Gasteiger partial charge in [-0.15, -0.1) is 23.2 Å². The number of hydrogen-bond acceptors (Lipinski definition) is 1. The summed E-state index contributed by atoms with van der Waals surface area (Å²) in [5.41, 5.74) is 0. The Balaban J connectivity index is 2.44. The Kier molecular flexibility index (Phi) is 5.09. The molecule has 4 unspecified atom stereocenters. The van der Waals surface area contributed by atoms with Gasteiger partial charge in [0, 0.05) is 11.8 Å². The molecule has 0 aromatic heterocycles. The minimum atomic E-state index is -1.09. The fraction of sp³-hybridized carbons (Fsp3) is 0.526. The molecule has 2 aliphatic rings. The minimum absolute atomic E-state index is 0.0607. The van der Waals surface area contributed by atoms with Crippen LogP contribution in [0.1, 0.15) is 27.7 Å². The van der Waals surface area contributed by atoms with Gasteiger partial charge in [-0.05, 0) is 11.8 Å². The van der Waals surface area contributed by atoms with Gasteiger partial charge in [0.05, 0.1) is 0 Å². The summed E-state index contributed by atoms with van der Waals surface area (Å²) in [6, 6.07) is 0. The Morgan fingerprint density at radius 2 is 1.18 bits per heavy atom. The van der Waals surface area contributed by atoms with Gasteiger partial charge in [-0.1, -0.05) is 76.3 Å². The van der Waals surface area contributed by atoms with Gasteiger partial charge in [0.2, 0.25) is 0 Å². The van der Waals surface area contributed by atoms with Crippen LogP contribution in [0, 0.1) is 23.7 Å². The van der Waals surface area contributed by atoms with Gasteiger partial charge in [-0.25, -0.2) is 0 Å². The monoisotopic (exact) mass is 338 g/mol. The summed E-state index contributed by atoms with van der Waals surface area (Å²) in [6.45, 7) is 8.32. The lowest BCUT2D eigenvalue weighted by Crippen LogP contribution is -2.54. The molecule has 0 aromatic carbocycles. The summed E-state index contributed by atoms with van der Waals surface area (Å²) in [4.78, 5) is 11.2. The van der Waals surface area contributed by atoms with Crippen molar-refractivity contribution in [1.29, 1.82) is 0 Å². The fourth-order valence-corrected chi connectivity index (χ4v) is 4.58. The van der Waals surface area contributed by atoms with Crippen LogP contribution in [0.5, 0.6) is 0 Å². The SMILES string of the molecule is CC(C)C1C=CC=CC1(Cl)C(=O)C1(Cl)C=CC=CC1C(C)C. The van der Waals surface area contributed by atoms with E-state index in [0.717, 1.165) is 0 Å². The quantitative estimate of drug-likeness (QED) is 0.635. The summed E-state index contributed by atoms with van der Waals surface area (Å²) in [5, 5.41) is 0. The molecule has 0 radical (unpaired) electrons. The number of allylic oxidation sites excluding steroid dienone is 8. The lowest BCUT2D eigenvalue weighted by molar-refractivity contribution is -0.124. The number of hydrogen-bond donors (Lipinski definition) is 0. The van der Waals surface area contributed by atoms with Crippen molar-refractivity contribution in [3.63, 3.8) is 0 Å². The standard InChI is InChI=1S/C19H24Cl2O/c1-13(2)15-9-5-7-11-18(15,20)17(22)19(21)12-8-6-10-16(19)14(3)4/h5-16H,1-4H3. The number of carbonyl (C=O) groups is 1. The van der Waals surface area contributed by atoms with Crippen LogP contribution in [-0.4, -0.2) is 15.5 Å². The zero-order valence-electron chi connectivity index (χ0n) is 13.6. The Hall–Kier alpha value is -0.790. The van der Waals surface area contributed by atoms with Gasteiger partial charge in [-0.2, -0.15) is 0 Å². The van der Waals surface area contributed by atoms with Crippen LogP contribution in [0.4, 0.5) is 0 Å². The van der Waals surface area contributed by atoms with Crippen LogP contribution >= 0.6 is 23.2 Å². The van der Waals surface area contributed by atoms with E-state index in [0.29, 0.717) is 0 Å². The van der Waals surface area contributed by atoms with Crippen molar-refractivity contribution in [2.45, 2.75) is 37.4 Å². The highest BCUT2D eigenvalue weighted by Gasteiger charge is 2.54. The topological polar surface area (TPSA) is 17.1 Å². The number of halogens is 2. The summed E-state index contributed by atoms with van der Waals surface area (Å²) in [5.74, 6) is 0.262. The van der Waals surface area contributed by atoms with Crippen LogP contribution in [0.3, 0.4) is 0 Å². The van der Waals surface area contributed by atoms with Crippen molar-refractivity contribution in [3.05, 3.63) is 48.6 Å². The maximum atomic E-state index is 13.4. The van der Waals surface area contributed by atoms with E-state index in [2.05, 4.69) is 27.7 Å². The first-order chi connectivity index (χ1) is 10.2. The van der Waals surface area contributed by atoms with Gasteiger partial charge in [0.15, 0.2) is 5.78 Å². The van der Waals surface area contributed by atoms with Crippen LogP contribution in [0.25, 0.3) is 0 Å². The van der Waals surface area contributed by atoms with Crippen molar-refractivity contribution >= 4 is 29.0 Å². The van der Waals surface area contributed by atoms with Crippen molar-refractivity contribution in [2.24, 2.45) is 23.7 Å². The van der Waals surface area contributed by atoms with Gasteiger partial charge >= 0.3 is 0 Å². The first-order valence-corrected chi connectivity index (χ1v) is 8.64. The first kappa shape index (κ1) is 17.6. The highest BCUT2D eigenvalue weighted by molar-refractivity contribution is 6.47. The molecular weight excluding hydrogens is 315 g/mol. The van der Waals surface area contributed by atoms with Crippen molar-refractivity contribution in [3.8, 4) is 0 Å². The molecule has 0 saturated carbocycles. The van der Waals surface area contributed by atoms with Crippen molar-refractivity contribution in [1.82, 2.24) is 0 Å². The number of Topliss-reactive ketones (excluding diaryl/α,β-unsaturated/α-hetero) is 1. The Labute approximate surface area is 143 Å². The predicted molar refractivity (Wildman–Crippen MR) is 95.4 cm³/mol. The molecule has 2 aliphatic carbocycles. The number of carbonyl (C=O) groups excluding carboxylic acids is 1. The molecule has 22 heavy (non-hydrogen) atoms. The van der Waals surface area contributed by atoms with E-state index in [-0.39, 0.29) is 29.5 Å². The largest absolute Gasteiger partial charge is 0.295 e. The molecule has 3 heteroatoms. The van der Waals surface area contributed by atoms with E-state index < -0.39 is 9.75 Å². The highest BCUT2D eigenvalue weighted by atomic mass is 35.5. The van der Waals surface area contributed by atoms with Gasteiger partial charge in [-0.3, -0.25) is 4.79 Å². The predicted octanol–water partition coefficient (Wildman–Crippen LogP) is 5.31. The Morgan fingerprint density at radius 3 is 1.50 bits per heavy atom. The second-order valence-electron chi connectivity index (χ2n) is 6.89. The molecule has 0 aromatic rings. The third kappa shape index (κ3) is 2.86. The van der Waals surface area contributed by atoms with Crippen LogP contribution < -0.4 is 0 Å². The van der Waals surface area contributed by atoms with Crippen LogP contribution in [0.2, 0.25) is 0 Å². The first-order valence-electron chi connectivity index (χ1n) is 7.88. The molecule has 0 heterocycles. The van der Waals surface area contributed by atoms with Crippen molar-refractivity contribution in [2.75, 3.05) is 0 Å². The summed E-state index contributed by atoms with van der Waals surface area (Å²) >= 11 is 13.7. The van der Waals surface area contributed by atoms with Crippen LogP contribution in [-0.2, 0) is 4.79 Å². The number of rotatable bonds is 4. The zero-order valence-corrected chi connectivity index (χ0v) is 15.1. The second kappa shape index (κ2) is 6.37. The number of ketones is 1. The normalized spacial score (nSPS) is 37.3. The van der Waals surface area contributed by atoms with E-state index in [1.165, 1.54) is 0 Å². The molecular formula is C19H24Cl2O.